The molecule has 0 atom stereocenters. The normalized spacial score (nSPS) is 15.5. The molecule has 4 aromatic heterocycles. The van der Waals surface area contributed by atoms with Gasteiger partial charge < -0.3 is 18.3 Å². The van der Waals surface area contributed by atoms with Crippen molar-refractivity contribution in [2.75, 3.05) is 0 Å². The van der Waals surface area contributed by atoms with Crippen molar-refractivity contribution < 1.29 is 27.9 Å². The lowest BCUT2D eigenvalue weighted by Crippen LogP contribution is -2.05. The summed E-state index contributed by atoms with van der Waals surface area (Å²) in [6.07, 6.45) is 29.2. The van der Waals surface area contributed by atoms with E-state index in [0.717, 1.165) is 95.2 Å². The highest BCUT2D eigenvalue weighted by Gasteiger charge is 2.36. The number of hydrogen-bond donors (Lipinski definition) is 0. The lowest BCUT2D eigenvalue weighted by atomic mass is 9.95. The summed E-state index contributed by atoms with van der Waals surface area (Å²) < 4.78 is 24.1. The van der Waals surface area contributed by atoms with Crippen molar-refractivity contribution in [3.63, 3.8) is 0 Å². The molecule has 0 N–H and O–H groups in total. The summed E-state index contributed by atoms with van der Waals surface area (Å²) in [6.45, 7) is 8.93. The third-order valence-electron chi connectivity index (χ3n) is 11.0. The monoisotopic (exact) mass is 796 g/mol. The minimum atomic E-state index is -0.516. The smallest absolute Gasteiger partial charge is 0.344 e. The summed E-state index contributed by atoms with van der Waals surface area (Å²) in [4.78, 5) is 31.7. The van der Waals surface area contributed by atoms with Gasteiger partial charge in [-0.05, 0) is 110 Å². The molecule has 8 heteroatoms. The first-order chi connectivity index (χ1) is 27.5. The Morgan fingerprint density at radius 1 is 0.446 bits per heavy atom. The van der Waals surface area contributed by atoms with Crippen LogP contribution in [0.15, 0.2) is 68.9 Å². The maximum absolute atomic E-state index is 13.8. The lowest BCUT2D eigenvalue weighted by Gasteiger charge is -2.09. The molecular formula is C48H60O6S2. The largest absolute Gasteiger partial charge is 0.464 e. The predicted octanol–water partition coefficient (Wildman–Crippen LogP) is 14.6. The van der Waals surface area contributed by atoms with E-state index in [1.165, 1.54) is 86.5 Å². The average molecular weight is 797 g/mol. The summed E-state index contributed by atoms with van der Waals surface area (Å²) in [6, 6.07) is 7.90. The Balaban J connectivity index is 1.40. The molecule has 0 unspecified atom stereocenters. The van der Waals surface area contributed by atoms with Gasteiger partial charge in [-0.3, -0.25) is 0 Å². The van der Waals surface area contributed by atoms with Crippen molar-refractivity contribution in [1.29, 1.82) is 0 Å². The molecule has 0 radical (unpaired) electrons. The van der Waals surface area contributed by atoms with Crippen LogP contribution in [0, 0.1) is 0 Å². The van der Waals surface area contributed by atoms with Crippen molar-refractivity contribution in [3.8, 4) is 21.3 Å². The number of cyclic esters (lactones) is 2. The van der Waals surface area contributed by atoms with Gasteiger partial charge >= 0.3 is 11.9 Å². The van der Waals surface area contributed by atoms with Gasteiger partial charge in [-0.25, -0.2) is 9.59 Å². The second-order valence-corrected chi connectivity index (χ2v) is 17.3. The minimum absolute atomic E-state index is 0.251. The zero-order valence-electron chi connectivity index (χ0n) is 34.0. The van der Waals surface area contributed by atoms with Gasteiger partial charge in [0.2, 0.25) is 0 Å². The molecule has 0 fully saturated rings. The molecule has 0 saturated carbocycles. The summed E-state index contributed by atoms with van der Waals surface area (Å²) in [5.41, 5.74) is 5.59. The molecule has 0 spiro atoms. The molecule has 6 heterocycles. The number of ether oxygens (including phenoxy) is 2. The number of unbranched alkanes of at least 4 members (excludes halogenated alkanes) is 12. The first-order valence-electron chi connectivity index (χ1n) is 21.5. The SMILES string of the molecule is CCCCCCc1c(C2=C/C(=C3/C=C(c4sc(-c5ccco5)c(CCCCCC)c4CCCCCC)OC3=O)C(=O)O2)sc(-c2ccco2)c1CCCCCC. The number of carbonyl (C=O) groups excluding carboxylic acids is 2. The number of furan rings is 2. The van der Waals surface area contributed by atoms with Crippen molar-refractivity contribution in [2.45, 2.75) is 156 Å². The summed E-state index contributed by atoms with van der Waals surface area (Å²) in [5.74, 6) is 1.68. The van der Waals surface area contributed by atoms with Crippen LogP contribution in [-0.2, 0) is 44.7 Å². The Bertz CT molecular complexity index is 1840. The average Bonchev–Trinajstić information content (AvgIpc) is 4.06. The summed E-state index contributed by atoms with van der Waals surface area (Å²) in [5, 5.41) is 0. The molecule has 0 bridgehead atoms. The zero-order valence-corrected chi connectivity index (χ0v) is 35.7. The molecule has 0 aromatic carbocycles. The minimum Gasteiger partial charge on any atom is -0.464 e. The second-order valence-electron chi connectivity index (χ2n) is 15.3. The maximum Gasteiger partial charge on any atom is 0.344 e. The molecule has 300 valence electrons. The Morgan fingerprint density at radius 3 is 1.09 bits per heavy atom. The topological polar surface area (TPSA) is 78.9 Å². The van der Waals surface area contributed by atoms with Gasteiger partial charge in [0.05, 0.1) is 43.2 Å². The van der Waals surface area contributed by atoms with Crippen LogP contribution in [0.4, 0.5) is 0 Å². The van der Waals surface area contributed by atoms with E-state index in [9.17, 15) is 9.59 Å². The zero-order chi connectivity index (χ0) is 39.3. The second kappa shape index (κ2) is 21.0. The van der Waals surface area contributed by atoms with Gasteiger partial charge in [-0.2, -0.15) is 0 Å². The number of esters is 2. The van der Waals surface area contributed by atoms with Crippen molar-refractivity contribution in [3.05, 3.63) is 92.1 Å². The third kappa shape index (κ3) is 9.97. The van der Waals surface area contributed by atoms with Crippen LogP contribution in [0.2, 0.25) is 0 Å². The highest BCUT2D eigenvalue weighted by Crippen LogP contribution is 2.47. The van der Waals surface area contributed by atoms with Gasteiger partial charge in [-0.1, -0.05) is 105 Å². The number of hydrogen-bond acceptors (Lipinski definition) is 8. The van der Waals surface area contributed by atoms with Gasteiger partial charge in [0.25, 0.3) is 0 Å². The van der Waals surface area contributed by atoms with E-state index in [4.69, 9.17) is 18.3 Å². The standard InChI is InChI=1S/C48H60O6S2/c1-5-9-13-17-23-33-35(25-19-15-11-7-3)45(55-43(33)39-27-21-29-51-39)41-31-37(47(49)53-41)38-32-42(54-48(38)50)46-36(26-20-16-12-8-4)34(24-18-14-10-6-2)44(56-46)40-28-22-30-52-40/h21-22,27-32H,5-20,23-26H2,1-4H3/b38-37+. The molecule has 6 nitrogen and oxygen atoms in total. The van der Waals surface area contributed by atoms with E-state index in [0.29, 0.717) is 11.5 Å². The van der Waals surface area contributed by atoms with Crippen molar-refractivity contribution >= 4 is 46.1 Å². The van der Waals surface area contributed by atoms with Gasteiger partial charge in [0.1, 0.15) is 23.0 Å². The molecular weight excluding hydrogens is 737 g/mol. The third-order valence-corrected chi connectivity index (χ3v) is 13.6. The quantitative estimate of drug-likeness (QED) is 0.0399. The van der Waals surface area contributed by atoms with Crippen molar-refractivity contribution in [2.24, 2.45) is 0 Å². The highest BCUT2D eigenvalue weighted by atomic mass is 32.1. The van der Waals surface area contributed by atoms with E-state index in [1.54, 1.807) is 47.4 Å². The van der Waals surface area contributed by atoms with Crippen LogP contribution in [0.3, 0.4) is 0 Å². The molecule has 6 rings (SSSR count). The van der Waals surface area contributed by atoms with E-state index in [-0.39, 0.29) is 11.1 Å². The number of carbonyl (C=O) groups is 2. The van der Waals surface area contributed by atoms with Crippen LogP contribution < -0.4 is 0 Å². The summed E-state index contributed by atoms with van der Waals surface area (Å²) in [7, 11) is 0. The molecule has 0 amide bonds. The van der Waals surface area contributed by atoms with E-state index < -0.39 is 11.9 Å². The van der Waals surface area contributed by atoms with E-state index in [1.807, 2.05) is 24.3 Å². The van der Waals surface area contributed by atoms with E-state index in [2.05, 4.69) is 27.7 Å². The first kappa shape index (κ1) is 41.7. The van der Waals surface area contributed by atoms with Gasteiger partial charge in [0.15, 0.2) is 0 Å². The number of thiophene rings is 2. The van der Waals surface area contributed by atoms with Crippen LogP contribution in [0.5, 0.6) is 0 Å². The fourth-order valence-electron chi connectivity index (χ4n) is 7.93. The van der Waals surface area contributed by atoms with Gasteiger partial charge in [-0.15, -0.1) is 22.7 Å². The highest BCUT2D eigenvalue weighted by molar-refractivity contribution is 7.17. The fraction of sp³-hybridized carbons (Fsp3) is 0.500. The maximum atomic E-state index is 13.8. The molecule has 2 aliphatic rings. The summed E-state index contributed by atoms with van der Waals surface area (Å²) >= 11 is 3.28. The Morgan fingerprint density at radius 2 is 0.786 bits per heavy atom. The van der Waals surface area contributed by atoms with Crippen molar-refractivity contribution in [1.82, 2.24) is 0 Å². The molecule has 2 aliphatic heterocycles. The molecule has 0 saturated heterocycles. The molecule has 4 aromatic rings. The Labute approximate surface area is 342 Å². The fourth-order valence-corrected chi connectivity index (χ4v) is 10.6. The van der Waals surface area contributed by atoms with Crippen LogP contribution in [0.25, 0.3) is 32.8 Å². The number of rotatable bonds is 24. The first-order valence-corrected chi connectivity index (χ1v) is 23.1. The van der Waals surface area contributed by atoms with Gasteiger partial charge in [0, 0.05) is 0 Å². The van der Waals surface area contributed by atoms with E-state index >= 15 is 0 Å². The Hall–Kier alpha value is -3.88. The Kier molecular flexibility index (Phi) is 15.7. The molecule has 56 heavy (non-hydrogen) atoms. The lowest BCUT2D eigenvalue weighted by molar-refractivity contribution is -0.133. The molecule has 0 aliphatic carbocycles. The van der Waals surface area contributed by atoms with Crippen LogP contribution in [-0.4, -0.2) is 11.9 Å². The van der Waals surface area contributed by atoms with Crippen LogP contribution in [0.1, 0.15) is 162 Å². The van der Waals surface area contributed by atoms with Crippen LogP contribution >= 0.6 is 22.7 Å². The predicted molar refractivity (Wildman–Crippen MR) is 231 cm³/mol.